The minimum Gasteiger partial charge on any atom is -0.385 e. The fraction of sp³-hybridized carbons (Fsp3) is 0.333. The highest BCUT2D eigenvalue weighted by Crippen LogP contribution is 2.22. The molecule has 1 aromatic carbocycles. The van der Waals surface area contributed by atoms with Crippen LogP contribution >= 0.6 is 0 Å². The molecule has 2 rings (SSSR count). The number of allylic oxidation sites excluding steroid dienone is 1. The van der Waals surface area contributed by atoms with Crippen LogP contribution in [-0.2, 0) is 0 Å². The second-order valence-corrected chi connectivity index (χ2v) is 4.84. The molecule has 0 unspecified atom stereocenters. The minimum absolute atomic E-state index is 0.657. The molecule has 1 saturated heterocycles. The second-order valence-electron chi connectivity index (χ2n) is 4.84. The van der Waals surface area contributed by atoms with Gasteiger partial charge in [0.25, 0.3) is 0 Å². The molecule has 0 atom stereocenters. The molecule has 1 aliphatic rings. The maximum Gasteiger partial charge on any atom is 0.0991 e. The number of nitrogens with one attached hydrogen (secondary N) is 2. The van der Waals surface area contributed by atoms with Crippen molar-refractivity contribution < 1.29 is 0 Å². The van der Waals surface area contributed by atoms with Crippen LogP contribution in [0.2, 0.25) is 0 Å². The van der Waals surface area contributed by atoms with Gasteiger partial charge in [0.05, 0.1) is 11.6 Å². The molecule has 2 N–H and O–H groups in total. The van der Waals surface area contributed by atoms with Crippen molar-refractivity contribution in [3.63, 3.8) is 0 Å². The van der Waals surface area contributed by atoms with E-state index < -0.39 is 0 Å². The Morgan fingerprint density at radius 3 is 2.89 bits per heavy atom. The number of hydrogen-bond acceptors (Lipinski definition) is 4. The Morgan fingerprint density at radius 2 is 2.32 bits per heavy atom. The third-order valence-corrected chi connectivity index (χ3v) is 3.38. The van der Waals surface area contributed by atoms with Crippen LogP contribution in [0.15, 0.2) is 23.9 Å². The molecule has 19 heavy (non-hydrogen) atoms. The van der Waals surface area contributed by atoms with Gasteiger partial charge in [-0.2, -0.15) is 5.26 Å². The van der Waals surface area contributed by atoms with Crippen LogP contribution in [0.4, 0.5) is 0 Å². The molecule has 0 amide bonds. The largest absolute Gasteiger partial charge is 0.385 e. The molecule has 1 heterocycles. The van der Waals surface area contributed by atoms with Crippen LogP contribution in [-0.4, -0.2) is 37.8 Å². The van der Waals surface area contributed by atoms with E-state index in [4.69, 9.17) is 10.7 Å². The molecule has 0 saturated carbocycles. The van der Waals surface area contributed by atoms with Crippen LogP contribution < -0.4 is 5.32 Å². The zero-order valence-electron chi connectivity index (χ0n) is 11.3. The average molecular weight is 254 g/mol. The van der Waals surface area contributed by atoms with Gasteiger partial charge in [0, 0.05) is 37.1 Å². The summed E-state index contributed by atoms with van der Waals surface area (Å²) in [7, 11) is 2.08. The van der Waals surface area contributed by atoms with Gasteiger partial charge in [-0.3, -0.25) is 4.90 Å². The summed E-state index contributed by atoms with van der Waals surface area (Å²) in [5.74, 6) is 0. The van der Waals surface area contributed by atoms with Gasteiger partial charge in [-0.15, -0.1) is 0 Å². The molecule has 0 bridgehead atoms. The Labute approximate surface area is 113 Å². The lowest BCUT2D eigenvalue weighted by molar-refractivity contribution is 0.324. The maximum atomic E-state index is 8.91. The molecular weight excluding hydrogens is 236 g/mol. The first-order chi connectivity index (χ1) is 9.15. The van der Waals surface area contributed by atoms with Crippen LogP contribution in [0.3, 0.4) is 0 Å². The van der Waals surface area contributed by atoms with E-state index in [1.807, 2.05) is 19.1 Å². The summed E-state index contributed by atoms with van der Waals surface area (Å²) in [4.78, 5) is 2.23. The number of likely N-dealkylation sites (N-methyl/N-ethyl adjacent to an activating group) is 1. The van der Waals surface area contributed by atoms with Crippen molar-refractivity contribution in [3.8, 4) is 6.07 Å². The highest BCUT2D eigenvalue weighted by Gasteiger charge is 2.15. The topological polar surface area (TPSA) is 62.9 Å². The second kappa shape index (κ2) is 5.68. The van der Waals surface area contributed by atoms with E-state index in [1.54, 1.807) is 6.07 Å². The van der Waals surface area contributed by atoms with E-state index in [-0.39, 0.29) is 0 Å². The standard InChI is InChI=1S/C15H18N4/c1-11-7-12(8-16)3-4-13(11)14(9-17)15-10-19(2)6-5-18-15/h3-4,7,9,17-18H,5-6,10H2,1-2H3/b15-14+,17-9?. The van der Waals surface area contributed by atoms with Gasteiger partial charge < -0.3 is 10.7 Å². The summed E-state index contributed by atoms with van der Waals surface area (Å²) < 4.78 is 0. The number of piperazine rings is 1. The highest BCUT2D eigenvalue weighted by molar-refractivity contribution is 6.10. The fourth-order valence-corrected chi connectivity index (χ4v) is 2.35. The van der Waals surface area contributed by atoms with Crippen LogP contribution in [0.5, 0.6) is 0 Å². The predicted molar refractivity (Wildman–Crippen MR) is 77.1 cm³/mol. The van der Waals surface area contributed by atoms with Gasteiger partial charge in [-0.05, 0) is 37.2 Å². The Hall–Kier alpha value is -2.12. The fourth-order valence-electron chi connectivity index (χ4n) is 2.35. The lowest BCUT2D eigenvalue weighted by Crippen LogP contribution is -2.40. The lowest BCUT2D eigenvalue weighted by atomic mass is 9.97. The number of nitriles is 1. The van der Waals surface area contributed by atoms with E-state index in [9.17, 15) is 0 Å². The van der Waals surface area contributed by atoms with E-state index >= 15 is 0 Å². The van der Waals surface area contributed by atoms with Crippen LogP contribution in [0, 0.1) is 23.7 Å². The lowest BCUT2D eigenvalue weighted by Gasteiger charge is -2.28. The maximum absolute atomic E-state index is 8.91. The van der Waals surface area contributed by atoms with Gasteiger partial charge in [0.2, 0.25) is 0 Å². The predicted octanol–water partition coefficient (Wildman–Crippen LogP) is 1.76. The summed E-state index contributed by atoms with van der Waals surface area (Å²) in [6, 6.07) is 7.74. The van der Waals surface area contributed by atoms with Crippen molar-refractivity contribution in [3.05, 3.63) is 40.6 Å². The number of nitrogens with zero attached hydrogens (tertiary/aromatic N) is 2. The molecule has 98 valence electrons. The molecule has 0 spiro atoms. The summed E-state index contributed by atoms with van der Waals surface area (Å²) in [6.45, 7) is 4.72. The molecule has 4 nitrogen and oxygen atoms in total. The molecule has 0 aromatic heterocycles. The van der Waals surface area contributed by atoms with E-state index in [1.165, 1.54) is 6.21 Å². The first-order valence-electron chi connectivity index (χ1n) is 6.33. The first-order valence-corrected chi connectivity index (χ1v) is 6.33. The van der Waals surface area contributed by atoms with Gasteiger partial charge >= 0.3 is 0 Å². The van der Waals surface area contributed by atoms with E-state index in [0.29, 0.717) is 5.56 Å². The molecule has 1 aromatic rings. The van der Waals surface area contributed by atoms with Crippen molar-refractivity contribution in [2.45, 2.75) is 6.92 Å². The molecule has 0 radical (unpaired) electrons. The van der Waals surface area contributed by atoms with Gasteiger partial charge in [-0.1, -0.05) is 6.07 Å². The van der Waals surface area contributed by atoms with Crippen molar-refractivity contribution in [2.24, 2.45) is 0 Å². The number of benzene rings is 1. The normalized spacial score (nSPS) is 18.4. The molecule has 1 fully saturated rings. The molecule has 0 aliphatic carbocycles. The highest BCUT2D eigenvalue weighted by atomic mass is 15.2. The number of aryl methyl sites for hydroxylation is 1. The smallest absolute Gasteiger partial charge is 0.0991 e. The monoisotopic (exact) mass is 254 g/mol. The summed E-state index contributed by atoms with van der Waals surface area (Å²) >= 11 is 0. The summed E-state index contributed by atoms with van der Waals surface area (Å²) in [5, 5.41) is 20.0. The Kier molecular flexibility index (Phi) is 3.98. The van der Waals surface area contributed by atoms with Crippen LogP contribution in [0.25, 0.3) is 5.57 Å². The Bertz CT molecular complexity index is 566. The third kappa shape index (κ3) is 2.83. The van der Waals surface area contributed by atoms with Crippen molar-refractivity contribution in [2.75, 3.05) is 26.7 Å². The third-order valence-electron chi connectivity index (χ3n) is 3.38. The Morgan fingerprint density at radius 1 is 1.53 bits per heavy atom. The Balaban J connectivity index is 2.45. The number of rotatable bonds is 2. The zero-order valence-corrected chi connectivity index (χ0v) is 11.3. The zero-order chi connectivity index (χ0) is 13.8. The van der Waals surface area contributed by atoms with Crippen molar-refractivity contribution in [1.29, 1.82) is 10.7 Å². The van der Waals surface area contributed by atoms with Gasteiger partial charge in [0.15, 0.2) is 0 Å². The van der Waals surface area contributed by atoms with Gasteiger partial charge in [0.1, 0.15) is 0 Å². The van der Waals surface area contributed by atoms with Crippen LogP contribution in [0.1, 0.15) is 16.7 Å². The van der Waals surface area contributed by atoms with E-state index in [2.05, 4.69) is 23.3 Å². The molecular formula is C15H18N4. The van der Waals surface area contributed by atoms with Crippen molar-refractivity contribution in [1.82, 2.24) is 10.2 Å². The van der Waals surface area contributed by atoms with Gasteiger partial charge in [-0.25, -0.2) is 0 Å². The summed E-state index contributed by atoms with van der Waals surface area (Å²) in [6.07, 6.45) is 1.40. The molecule has 1 aliphatic heterocycles. The number of hydrogen-bond donors (Lipinski definition) is 2. The van der Waals surface area contributed by atoms with E-state index in [0.717, 1.165) is 42.0 Å². The van der Waals surface area contributed by atoms with Crippen molar-refractivity contribution >= 4 is 11.8 Å². The minimum atomic E-state index is 0.657. The SMILES string of the molecule is Cc1cc(C#N)ccc1/C(C=N)=C1\CN(C)CCN1. The molecule has 4 heteroatoms. The average Bonchev–Trinajstić information content (AvgIpc) is 2.41. The quantitative estimate of drug-likeness (QED) is 0.791. The summed E-state index contributed by atoms with van der Waals surface area (Å²) in [5.41, 5.74) is 4.70. The first kappa shape index (κ1) is 13.3.